The number of hydrogen-bond acceptors (Lipinski definition) is 4. The summed E-state index contributed by atoms with van der Waals surface area (Å²) in [7, 11) is 3.87. The van der Waals surface area contributed by atoms with Crippen molar-refractivity contribution in [3.05, 3.63) is 102 Å². The van der Waals surface area contributed by atoms with Crippen LogP contribution in [0.5, 0.6) is 0 Å². The van der Waals surface area contributed by atoms with Gasteiger partial charge < -0.3 is 10.2 Å². The van der Waals surface area contributed by atoms with E-state index in [0.29, 0.717) is 22.5 Å². The van der Waals surface area contributed by atoms with Gasteiger partial charge in [0.1, 0.15) is 17.3 Å². The lowest BCUT2D eigenvalue weighted by Crippen LogP contribution is -2.45. The zero-order valence-corrected chi connectivity index (χ0v) is 27.3. The number of hydrogen-bond donors (Lipinski definition) is 1. The molecule has 1 saturated heterocycles. The zero-order valence-electron chi connectivity index (χ0n) is 27.3. The van der Waals surface area contributed by atoms with Gasteiger partial charge in [-0.3, -0.25) is 9.58 Å². The van der Waals surface area contributed by atoms with Crippen LogP contribution in [0.2, 0.25) is 0 Å². The van der Waals surface area contributed by atoms with Crippen LogP contribution in [-0.2, 0) is 6.54 Å². The highest BCUT2D eigenvalue weighted by Gasteiger charge is 2.19. The third kappa shape index (κ3) is 11.2. The monoisotopic (exact) mass is 591 g/mol. The summed E-state index contributed by atoms with van der Waals surface area (Å²) >= 11 is 0. The predicted molar refractivity (Wildman–Crippen MR) is 181 cm³/mol. The van der Waals surface area contributed by atoms with Crippen LogP contribution in [0.3, 0.4) is 0 Å². The summed E-state index contributed by atoms with van der Waals surface area (Å²) in [5.41, 5.74) is 5.36. The van der Waals surface area contributed by atoms with Crippen LogP contribution in [-0.4, -0.2) is 66.4 Å². The third-order valence-electron chi connectivity index (χ3n) is 7.30. The predicted octanol–water partition coefficient (Wildman–Crippen LogP) is 8.37. The van der Waals surface area contributed by atoms with Crippen molar-refractivity contribution in [3.8, 4) is 11.3 Å². The molecule has 1 fully saturated rings. The molecule has 0 atom stereocenters. The summed E-state index contributed by atoms with van der Waals surface area (Å²) in [6, 6.07) is 10.5. The summed E-state index contributed by atoms with van der Waals surface area (Å²) in [6.07, 6.45) is 12.4. The van der Waals surface area contributed by atoms with Gasteiger partial charge in [-0.2, -0.15) is 5.10 Å². The van der Waals surface area contributed by atoms with Crippen LogP contribution in [0.15, 0.2) is 73.5 Å². The topological polar surface area (TPSA) is 36.3 Å². The Morgan fingerprint density at radius 2 is 1.72 bits per heavy atom. The quantitative estimate of drug-likeness (QED) is 0.254. The van der Waals surface area contributed by atoms with Gasteiger partial charge >= 0.3 is 0 Å². The summed E-state index contributed by atoms with van der Waals surface area (Å²) < 4.78 is 29.6. The first-order valence-corrected chi connectivity index (χ1v) is 15.3. The lowest BCUT2D eigenvalue weighted by atomic mass is 9.99. The Bertz CT molecular complexity index is 1330. The van der Waals surface area contributed by atoms with Gasteiger partial charge in [-0.15, -0.1) is 0 Å². The van der Waals surface area contributed by atoms with E-state index in [9.17, 15) is 8.78 Å². The SMILES string of the molecule is C=C/C=C(\C=C/C)c1cn(CCN2CCN(C)CC2)nc1-c1cccc(C)c1F.CCCC.CNc1cc(C)ccc1F. The van der Waals surface area contributed by atoms with Gasteiger partial charge in [0.15, 0.2) is 0 Å². The van der Waals surface area contributed by atoms with Crippen molar-refractivity contribution in [2.75, 3.05) is 52.1 Å². The normalized spacial score (nSPS) is 14.1. The van der Waals surface area contributed by atoms with Crippen molar-refractivity contribution in [1.29, 1.82) is 0 Å². The zero-order chi connectivity index (χ0) is 31.8. The Hall–Kier alpha value is -3.55. The largest absolute Gasteiger partial charge is 0.386 e. The second kappa shape index (κ2) is 18.9. The van der Waals surface area contributed by atoms with Crippen LogP contribution >= 0.6 is 0 Å². The standard InChI is InChI=1S/C24H31FN4.C8H10FN.C4H10/c1-5-8-20(9-6-2)22-18-29(17-16-28-14-12-27(4)13-15-28)26-24(22)21-11-7-10-19(3)23(21)25;1-6-3-4-7(9)8(5-6)10-2;1-3-4-2/h5-11,18H,1,12-17H2,2-4H3;3-5,10H,1-2H3;3-4H2,1-2H3/b9-6-,20-8+;;. The maximum absolute atomic E-state index is 14.9. The number of rotatable bonds is 9. The molecule has 3 aromatic rings. The van der Waals surface area contributed by atoms with Crippen molar-refractivity contribution in [1.82, 2.24) is 19.6 Å². The van der Waals surface area contributed by atoms with Crippen molar-refractivity contribution in [2.24, 2.45) is 0 Å². The van der Waals surface area contributed by atoms with Crippen molar-refractivity contribution < 1.29 is 8.78 Å². The molecule has 0 unspecified atom stereocenters. The highest BCUT2D eigenvalue weighted by molar-refractivity contribution is 5.84. The molecule has 1 aliphatic rings. The fourth-order valence-electron chi connectivity index (χ4n) is 4.46. The summed E-state index contributed by atoms with van der Waals surface area (Å²) in [5.74, 6) is -0.412. The van der Waals surface area contributed by atoms with E-state index in [1.807, 2.05) is 49.0 Å². The number of halogens is 2. The first kappa shape index (κ1) is 35.6. The summed E-state index contributed by atoms with van der Waals surface area (Å²) in [5, 5.41) is 7.56. The number of unbranched alkanes of at least 4 members (excludes halogenated alkanes) is 1. The highest BCUT2D eigenvalue weighted by Crippen LogP contribution is 2.31. The van der Waals surface area contributed by atoms with E-state index in [1.165, 1.54) is 18.9 Å². The number of aromatic nitrogens is 2. The molecule has 234 valence electrons. The fourth-order valence-corrected chi connectivity index (χ4v) is 4.46. The average Bonchev–Trinajstić information content (AvgIpc) is 3.43. The molecule has 0 saturated carbocycles. The van der Waals surface area contributed by atoms with Crippen molar-refractivity contribution >= 4 is 11.3 Å². The minimum absolute atomic E-state index is 0.201. The Balaban J connectivity index is 0.000000380. The number of allylic oxidation sites excluding steroid dienone is 5. The molecule has 2 heterocycles. The molecule has 0 amide bonds. The number of nitrogens with one attached hydrogen (secondary N) is 1. The Kier molecular flexibility index (Phi) is 15.6. The molecule has 5 nitrogen and oxygen atoms in total. The van der Waals surface area contributed by atoms with Gasteiger partial charge in [-0.1, -0.05) is 75.8 Å². The molecule has 0 bridgehead atoms. The number of nitrogens with zero attached hydrogens (tertiary/aromatic N) is 4. The molecule has 7 heteroatoms. The van der Waals surface area contributed by atoms with Crippen molar-refractivity contribution in [2.45, 2.75) is 54.0 Å². The lowest BCUT2D eigenvalue weighted by molar-refractivity contribution is 0.149. The van der Waals surface area contributed by atoms with Gasteiger partial charge in [0.2, 0.25) is 0 Å². The van der Waals surface area contributed by atoms with Crippen LogP contribution in [0.1, 0.15) is 50.3 Å². The average molecular weight is 592 g/mol. The maximum atomic E-state index is 14.9. The van der Waals surface area contributed by atoms with E-state index in [-0.39, 0.29) is 11.6 Å². The van der Waals surface area contributed by atoms with Gasteiger partial charge in [-0.05, 0) is 62.7 Å². The third-order valence-corrected chi connectivity index (χ3v) is 7.30. The van der Waals surface area contributed by atoms with Crippen LogP contribution in [0.25, 0.3) is 16.8 Å². The van der Waals surface area contributed by atoms with Gasteiger partial charge in [0.05, 0.1) is 12.2 Å². The van der Waals surface area contributed by atoms with Gasteiger partial charge in [0, 0.05) is 57.1 Å². The number of benzene rings is 2. The minimum atomic E-state index is -0.212. The molecule has 1 aromatic heterocycles. The van der Waals surface area contributed by atoms with E-state index in [0.717, 1.165) is 56.0 Å². The molecule has 4 rings (SSSR count). The first-order chi connectivity index (χ1) is 20.7. The molecular weight excluding hydrogens is 540 g/mol. The van der Waals surface area contributed by atoms with E-state index in [1.54, 1.807) is 44.3 Å². The molecule has 2 aromatic carbocycles. The second-order valence-corrected chi connectivity index (χ2v) is 10.8. The molecule has 0 spiro atoms. The Morgan fingerprint density at radius 3 is 2.30 bits per heavy atom. The van der Waals surface area contributed by atoms with E-state index in [4.69, 9.17) is 5.10 Å². The van der Waals surface area contributed by atoms with Gasteiger partial charge in [-0.25, -0.2) is 8.78 Å². The molecule has 1 aliphatic heterocycles. The number of piperazine rings is 1. The second-order valence-electron chi connectivity index (χ2n) is 10.8. The fraction of sp³-hybridized carbons (Fsp3) is 0.417. The van der Waals surface area contributed by atoms with E-state index >= 15 is 0 Å². The maximum Gasteiger partial charge on any atom is 0.146 e. The van der Waals surface area contributed by atoms with Crippen LogP contribution in [0.4, 0.5) is 14.5 Å². The number of aryl methyl sites for hydroxylation is 2. The molecule has 0 radical (unpaired) electrons. The molecule has 1 N–H and O–H groups in total. The summed E-state index contributed by atoms with van der Waals surface area (Å²) in [6.45, 7) is 19.9. The molecule has 0 aliphatic carbocycles. The lowest BCUT2D eigenvalue weighted by Gasteiger charge is -2.32. The van der Waals surface area contributed by atoms with E-state index in [2.05, 4.69) is 42.6 Å². The highest BCUT2D eigenvalue weighted by atomic mass is 19.1. The van der Waals surface area contributed by atoms with Crippen molar-refractivity contribution in [3.63, 3.8) is 0 Å². The van der Waals surface area contributed by atoms with Crippen LogP contribution < -0.4 is 5.32 Å². The van der Waals surface area contributed by atoms with E-state index < -0.39 is 0 Å². The molecular formula is C36H51F2N5. The summed E-state index contributed by atoms with van der Waals surface area (Å²) in [4.78, 5) is 4.81. The minimum Gasteiger partial charge on any atom is -0.386 e. The first-order valence-electron chi connectivity index (χ1n) is 15.3. The van der Waals surface area contributed by atoms with Gasteiger partial charge in [0.25, 0.3) is 0 Å². The number of anilines is 1. The smallest absolute Gasteiger partial charge is 0.146 e. The Morgan fingerprint density at radius 1 is 1.02 bits per heavy atom. The molecule has 43 heavy (non-hydrogen) atoms. The number of likely N-dealkylation sites (N-methyl/N-ethyl adjacent to an activating group) is 1. The Labute approximate surface area is 258 Å². The van der Waals surface area contributed by atoms with Crippen LogP contribution in [0, 0.1) is 25.5 Å².